The normalized spacial score (nSPS) is 13.9. The predicted molar refractivity (Wildman–Crippen MR) is 126 cm³/mol. The molecule has 162 valence electrons. The molecule has 0 aromatic heterocycles. The molecule has 0 bridgehead atoms. The molecule has 0 aliphatic carbocycles. The van der Waals surface area contributed by atoms with E-state index >= 15 is 0 Å². The fraction of sp³-hybridized carbons (Fsp3) is 0.480. The molecule has 4 nitrogen and oxygen atoms in total. The predicted octanol–water partition coefficient (Wildman–Crippen LogP) is 4.90. The fourth-order valence-corrected chi connectivity index (χ4v) is 2.26. The molecule has 1 atom stereocenters. The molecule has 0 aliphatic rings. The van der Waals surface area contributed by atoms with E-state index in [0.29, 0.717) is 12.8 Å². The van der Waals surface area contributed by atoms with Crippen LogP contribution in [0.15, 0.2) is 72.9 Å². The minimum absolute atomic E-state index is 0.0583. The van der Waals surface area contributed by atoms with Crippen LogP contribution in [0, 0.1) is 0 Å². The van der Waals surface area contributed by atoms with Crippen molar-refractivity contribution in [1.82, 2.24) is 5.32 Å². The Balaban J connectivity index is 3.58. The van der Waals surface area contributed by atoms with Gasteiger partial charge in [-0.25, -0.2) is 0 Å². The molecule has 0 radical (unpaired) electrons. The fourth-order valence-electron chi connectivity index (χ4n) is 2.26. The zero-order valence-corrected chi connectivity index (χ0v) is 18.0. The van der Waals surface area contributed by atoms with Crippen LogP contribution in [0.1, 0.15) is 58.3 Å². The summed E-state index contributed by atoms with van der Waals surface area (Å²) < 4.78 is 0. The number of allylic oxidation sites excluding steroid dienone is 12. The maximum atomic E-state index is 11.5. The van der Waals surface area contributed by atoms with Gasteiger partial charge >= 0.3 is 0 Å². The average molecular weight is 401 g/mol. The molecule has 4 heteroatoms. The highest BCUT2D eigenvalue weighted by Crippen LogP contribution is 1.97. The number of carbonyl (C=O) groups is 1. The summed E-state index contributed by atoms with van der Waals surface area (Å²) in [6.07, 6.45) is 32.3. The number of nitrogens with two attached hydrogens (primary N) is 1. The van der Waals surface area contributed by atoms with Gasteiger partial charge in [0.05, 0.1) is 6.10 Å². The van der Waals surface area contributed by atoms with Crippen LogP contribution < -0.4 is 11.1 Å². The Kier molecular flexibility index (Phi) is 20.5. The highest BCUT2D eigenvalue weighted by molar-refractivity contribution is 5.76. The Morgan fingerprint density at radius 3 is 1.62 bits per heavy atom. The summed E-state index contributed by atoms with van der Waals surface area (Å²) >= 11 is 0. The molecule has 0 aromatic rings. The van der Waals surface area contributed by atoms with Crippen molar-refractivity contribution in [3.8, 4) is 0 Å². The molecule has 29 heavy (non-hydrogen) atoms. The summed E-state index contributed by atoms with van der Waals surface area (Å²) in [5.41, 5.74) is 5.28. The molecule has 1 unspecified atom stereocenters. The molecule has 0 aliphatic heterocycles. The van der Waals surface area contributed by atoms with E-state index < -0.39 is 6.10 Å². The van der Waals surface area contributed by atoms with E-state index in [1.807, 2.05) is 6.08 Å². The average Bonchev–Trinajstić information content (AvgIpc) is 2.73. The minimum atomic E-state index is -0.662. The van der Waals surface area contributed by atoms with Crippen molar-refractivity contribution >= 4 is 5.91 Å². The van der Waals surface area contributed by atoms with Crippen molar-refractivity contribution in [2.24, 2.45) is 5.73 Å². The lowest BCUT2D eigenvalue weighted by Gasteiger charge is -2.08. The van der Waals surface area contributed by atoms with Crippen molar-refractivity contribution in [2.75, 3.05) is 13.1 Å². The molecule has 1 amide bonds. The van der Waals surface area contributed by atoms with E-state index in [4.69, 9.17) is 5.73 Å². The summed E-state index contributed by atoms with van der Waals surface area (Å²) in [6, 6.07) is 0. The third kappa shape index (κ3) is 22.0. The second kappa shape index (κ2) is 22.1. The number of rotatable bonds is 17. The second-order valence-corrected chi connectivity index (χ2v) is 6.65. The van der Waals surface area contributed by atoms with E-state index in [1.54, 1.807) is 0 Å². The molecule has 0 spiro atoms. The molecule has 0 saturated carbocycles. The van der Waals surface area contributed by atoms with E-state index in [9.17, 15) is 9.90 Å². The molecule has 4 N–H and O–H groups in total. The van der Waals surface area contributed by atoms with Crippen LogP contribution in [0.5, 0.6) is 0 Å². The smallest absolute Gasteiger partial charge is 0.220 e. The van der Waals surface area contributed by atoms with Crippen LogP contribution in [0.25, 0.3) is 0 Å². The topological polar surface area (TPSA) is 75.3 Å². The lowest BCUT2D eigenvalue weighted by atomic mass is 10.2. The van der Waals surface area contributed by atoms with Crippen LogP contribution in [0.3, 0.4) is 0 Å². The molecular formula is C25H40N2O2. The summed E-state index contributed by atoms with van der Waals surface area (Å²) in [5, 5.41) is 11.9. The van der Waals surface area contributed by atoms with Gasteiger partial charge in [-0.05, 0) is 44.9 Å². The third-order valence-electron chi connectivity index (χ3n) is 3.94. The number of aliphatic hydroxyl groups excluding tert-OH is 1. The van der Waals surface area contributed by atoms with Gasteiger partial charge in [-0.3, -0.25) is 4.79 Å². The van der Waals surface area contributed by atoms with Gasteiger partial charge in [-0.2, -0.15) is 0 Å². The molecule has 0 saturated heterocycles. The molecular weight excluding hydrogens is 360 g/mol. The standard InChI is InChI=1S/C25H40N2O2/c1-2-3-4-5-6-7-8-9-10-11-12-13-14-15-16-17-18-19-20-21-25(29)27-23-24(28)22-26/h3-4,6-7,9-10,12-13,15-16,18-19,24,28H,2,5,8,11,14,17,20-23,26H2,1H3,(H,27,29)/b4-3-,7-6-,10-9-,13-12-,16-15-,19-18-. The molecule has 0 fully saturated rings. The van der Waals surface area contributed by atoms with Gasteiger partial charge in [0, 0.05) is 19.5 Å². The Hall–Kier alpha value is -2.17. The number of amides is 1. The maximum absolute atomic E-state index is 11.5. The van der Waals surface area contributed by atoms with Gasteiger partial charge in [0.15, 0.2) is 0 Å². The van der Waals surface area contributed by atoms with Gasteiger partial charge < -0.3 is 16.2 Å². The third-order valence-corrected chi connectivity index (χ3v) is 3.94. The van der Waals surface area contributed by atoms with Gasteiger partial charge in [-0.15, -0.1) is 0 Å². The monoisotopic (exact) mass is 400 g/mol. The Bertz CT molecular complexity index is 557. The van der Waals surface area contributed by atoms with Crippen molar-refractivity contribution in [3.63, 3.8) is 0 Å². The van der Waals surface area contributed by atoms with Crippen LogP contribution in [0.2, 0.25) is 0 Å². The first kappa shape index (κ1) is 26.8. The molecule has 0 aromatic carbocycles. The number of carbonyl (C=O) groups excluding carboxylic acids is 1. The second-order valence-electron chi connectivity index (χ2n) is 6.65. The first-order chi connectivity index (χ1) is 14.2. The van der Waals surface area contributed by atoms with Crippen molar-refractivity contribution in [2.45, 2.75) is 64.4 Å². The Labute approximate surface area is 177 Å². The van der Waals surface area contributed by atoms with Crippen LogP contribution in [-0.2, 0) is 4.79 Å². The Morgan fingerprint density at radius 1 is 0.793 bits per heavy atom. The number of aliphatic hydroxyl groups is 1. The summed E-state index contributed by atoms with van der Waals surface area (Å²) in [4.78, 5) is 11.5. The number of hydrogen-bond donors (Lipinski definition) is 3. The minimum Gasteiger partial charge on any atom is -0.390 e. The van der Waals surface area contributed by atoms with E-state index in [0.717, 1.165) is 38.5 Å². The molecule has 0 rings (SSSR count). The SMILES string of the molecule is CC/C=C\C/C=C\C/C=C\C/C=C\C/C=C\C/C=C\CCC(=O)NCC(O)CN. The van der Waals surface area contributed by atoms with Gasteiger partial charge in [0.25, 0.3) is 0 Å². The maximum Gasteiger partial charge on any atom is 0.220 e. The highest BCUT2D eigenvalue weighted by Gasteiger charge is 2.03. The van der Waals surface area contributed by atoms with Gasteiger partial charge in [0.2, 0.25) is 5.91 Å². The quantitative estimate of drug-likeness (QED) is 0.304. The number of hydrogen-bond acceptors (Lipinski definition) is 3. The van der Waals surface area contributed by atoms with Gasteiger partial charge in [0.1, 0.15) is 0 Å². The highest BCUT2D eigenvalue weighted by atomic mass is 16.3. The zero-order valence-electron chi connectivity index (χ0n) is 18.0. The first-order valence-corrected chi connectivity index (χ1v) is 10.8. The summed E-state index contributed by atoms with van der Waals surface area (Å²) in [6.45, 7) is 2.53. The summed E-state index contributed by atoms with van der Waals surface area (Å²) in [7, 11) is 0. The van der Waals surface area contributed by atoms with Crippen molar-refractivity contribution in [1.29, 1.82) is 0 Å². The van der Waals surface area contributed by atoms with Crippen LogP contribution in [0.4, 0.5) is 0 Å². The van der Waals surface area contributed by atoms with E-state index in [-0.39, 0.29) is 19.0 Å². The zero-order chi connectivity index (χ0) is 21.4. The number of nitrogens with one attached hydrogen (secondary N) is 1. The first-order valence-electron chi connectivity index (χ1n) is 10.8. The van der Waals surface area contributed by atoms with Crippen LogP contribution in [-0.4, -0.2) is 30.2 Å². The Morgan fingerprint density at radius 2 is 1.21 bits per heavy atom. The van der Waals surface area contributed by atoms with Crippen molar-refractivity contribution in [3.05, 3.63) is 72.9 Å². The largest absolute Gasteiger partial charge is 0.390 e. The summed E-state index contributed by atoms with van der Waals surface area (Å²) in [5.74, 6) is -0.0583. The van der Waals surface area contributed by atoms with Gasteiger partial charge in [-0.1, -0.05) is 79.8 Å². The lowest BCUT2D eigenvalue weighted by molar-refractivity contribution is -0.121. The van der Waals surface area contributed by atoms with Crippen LogP contribution >= 0.6 is 0 Å². The van der Waals surface area contributed by atoms with E-state index in [1.165, 1.54) is 0 Å². The molecule has 0 heterocycles. The lowest BCUT2D eigenvalue weighted by Crippen LogP contribution is -2.35. The van der Waals surface area contributed by atoms with E-state index in [2.05, 4.69) is 79.1 Å². The van der Waals surface area contributed by atoms with Crippen molar-refractivity contribution < 1.29 is 9.90 Å².